The molecule has 3 rings (SSSR count). The average Bonchev–Trinajstić information content (AvgIpc) is 3.17. The van der Waals surface area contributed by atoms with Gasteiger partial charge in [0.25, 0.3) is 11.8 Å². The van der Waals surface area contributed by atoms with E-state index in [0.717, 1.165) is 34.5 Å². The van der Waals surface area contributed by atoms with Gasteiger partial charge in [-0.05, 0) is 5.41 Å². The van der Waals surface area contributed by atoms with Crippen molar-refractivity contribution in [2.24, 2.45) is 5.16 Å². The third-order valence-corrected chi connectivity index (χ3v) is 7.92. The number of fused-ring (bicyclic) bond motifs is 1. The molecule has 1 aromatic rings. The minimum Gasteiger partial charge on any atom is -0.543 e. The van der Waals surface area contributed by atoms with Crippen molar-refractivity contribution >= 4 is 73.5 Å². The fourth-order valence-corrected chi connectivity index (χ4v) is 6.15. The van der Waals surface area contributed by atoms with Gasteiger partial charge in [-0.1, -0.05) is 23.0 Å². The molecule has 2 atom stereocenters. The fourth-order valence-electron chi connectivity index (χ4n) is 2.83. The van der Waals surface area contributed by atoms with Gasteiger partial charge >= 0.3 is 29.6 Å². The summed E-state index contributed by atoms with van der Waals surface area (Å²) in [6, 6.07) is -1.03. The largest absolute Gasteiger partial charge is 1.00 e. The maximum atomic E-state index is 12.7. The molecule has 3 heterocycles. The second-order valence-corrected chi connectivity index (χ2v) is 11.7. The number of nitrogens with two attached hydrogens (primary N) is 1. The number of anilines is 1. The Morgan fingerprint density at radius 1 is 1.47 bits per heavy atom. The number of aliphatic carboxylic acids is 1. The van der Waals surface area contributed by atoms with E-state index in [-0.39, 0.29) is 63.4 Å². The summed E-state index contributed by atoms with van der Waals surface area (Å²) in [7, 11) is -1.99. The monoisotopic (exact) mass is 556 g/mol. The van der Waals surface area contributed by atoms with E-state index in [1.54, 1.807) is 0 Å². The van der Waals surface area contributed by atoms with E-state index in [0.29, 0.717) is 4.91 Å². The van der Waals surface area contributed by atoms with Crippen LogP contribution in [-0.4, -0.2) is 82.5 Å². The first-order valence-electron chi connectivity index (χ1n) is 8.93. The van der Waals surface area contributed by atoms with E-state index in [4.69, 9.17) is 5.73 Å². The van der Waals surface area contributed by atoms with Gasteiger partial charge in [0.2, 0.25) is 11.5 Å². The maximum absolute atomic E-state index is 12.7. The van der Waals surface area contributed by atoms with Crippen molar-refractivity contribution < 1.29 is 62.3 Å². The molecule has 0 spiro atoms. The van der Waals surface area contributed by atoms with Crippen molar-refractivity contribution in [3.05, 3.63) is 27.9 Å². The number of hydrogen-bond donors (Lipinski definition) is 2. The molecular weight excluding hydrogens is 539 g/mol. The molecule has 0 aromatic carbocycles. The topological polar surface area (TPSA) is 197 Å². The molecule has 1 saturated heterocycles. The molecule has 13 nitrogen and oxygen atoms in total. The molecular formula is C16H17N6NaO7S4. The number of carbonyl (C=O) groups is 3. The summed E-state index contributed by atoms with van der Waals surface area (Å²) in [6.45, 7) is 0. The van der Waals surface area contributed by atoms with E-state index in [1.807, 2.05) is 0 Å². The number of carboxylic acid groups (broad SMARTS) is 1. The first-order valence-corrected chi connectivity index (χ1v) is 13.7. The normalized spacial score (nSPS) is 20.5. The Morgan fingerprint density at radius 3 is 2.74 bits per heavy atom. The zero-order valence-corrected chi connectivity index (χ0v) is 23.3. The van der Waals surface area contributed by atoms with Crippen LogP contribution < -0.4 is 45.7 Å². The minimum atomic E-state index is -3.21. The summed E-state index contributed by atoms with van der Waals surface area (Å²) >= 11 is 3.07. The second-order valence-electron chi connectivity index (χ2n) is 6.58. The molecule has 0 saturated carbocycles. The average molecular weight is 557 g/mol. The van der Waals surface area contributed by atoms with Gasteiger partial charge in [0.15, 0.2) is 15.0 Å². The molecule has 1 aromatic heterocycles. The third kappa shape index (κ3) is 6.52. The van der Waals surface area contributed by atoms with Gasteiger partial charge in [-0.25, -0.2) is 8.42 Å². The number of carboxylic acids is 1. The number of rotatable bonds is 9. The van der Waals surface area contributed by atoms with Gasteiger partial charge < -0.3 is 25.8 Å². The van der Waals surface area contributed by atoms with Crippen LogP contribution in [0.25, 0.3) is 0 Å². The number of nitrogens with zero attached hydrogens (tertiary/aromatic N) is 4. The van der Waals surface area contributed by atoms with Crippen molar-refractivity contribution in [3.63, 3.8) is 0 Å². The Balaban J connectivity index is 0.00000408. The number of nitrogens with one attached hydrogen (secondary N) is 1. The Bertz CT molecular complexity index is 1180. The number of β-lactam (4-membered cyclic amide) rings is 1. The fraction of sp³-hybridized carbons (Fsp3) is 0.375. The second kappa shape index (κ2) is 11.9. The number of amides is 2. The molecule has 2 aliphatic rings. The molecule has 0 bridgehead atoms. The van der Waals surface area contributed by atoms with Gasteiger partial charge in [-0.3, -0.25) is 14.5 Å². The van der Waals surface area contributed by atoms with Crippen LogP contribution in [0.2, 0.25) is 0 Å². The number of hydrogen-bond acceptors (Lipinski definition) is 14. The first-order chi connectivity index (χ1) is 15.5. The molecule has 2 amide bonds. The third-order valence-electron chi connectivity index (χ3n) is 4.17. The van der Waals surface area contributed by atoms with E-state index in [9.17, 15) is 27.9 Å². The van der Waals surface area contributed by atoms with Crippen LogP contribution in [0.1, 0.15) is 5.82 Å². The van der Waals surface area contributed by atoms with Gasteiger partial charge in [0.1, 0.15) is 18.5 Å². The minimum absolute atomic E-state index is 0. The van der Waals surface area contributed by atoms with Crippen molar-refractivity contribution in [2.75, 3.05) is 30.6 Å². The van der Waals surface area contributed by atoms with Crippen LogP contribution in [0, 0.1) is 0 Å². The van der Waals surface area contributed by atoms with E-state index in [2.05, 4.69) is 24.7 Å². The summed E-state index contributed by atoms with van der Waals surface area (Å²) in [6.07, 6.45) is 2.46. The van der Waals surface area contributed by atoms with E-state index in [1.165, 1.54) is 30.4 Å². The van der Waals surface area contributed by atoms with Crippen LogP contribution in [0.4, 0.5) is 5.13 Å². The zero-order chi connectivity index (χ0) is 24.3. The number of thioether (sulfide) groups is 2. The Kier molecular flexibility index (Phi) is 9.99. The van der Waals surface area contributed by atoms with E-state index >= 15 is 0 Å². The summed E-state index contributed by atoms with van der Waals surface area (Å²) in [4.78, 5) is 47.0. The van der Waals surface area contributed by atoms with Gasteiger partial charge in [-0.15, -0.1) is 11.8 Å². The molecule has 0 aliphatic carbocycles. The molecule has 0 radical (unpaired) electrons. The summed E-state index contributed by atoms with van der Waals surface area (Å²) in [5, 5.41) is 18.7. The quantitative estimate of drug-likeness (QED) is 0.127. The Labute approximate surface area is 229 Å². The predicted molar refractivity (Wildman–Crippen MR) is 121 cm³/mol. The van der Waals surface area contributed by atoms with Gasteiger partial charge in [0, 0.05) is 28.4 Å². The van der Waals surface area contributed by atoms with Crippen molar-refractivity contribution in [1.82, 2.24) is 19.6 Å². The summed E-state index contributed by atoms with van der Waals surface area (Å²) in [5.74, 6) is -3.07. The van der Waals surface area contributed by atoms with Crippen molar-refractivity contribution in [1.29, 1.82) is 0 Å². The smallest absolute Gasteiger partial charge is 0.543 e. The standard InChI is InChI=1S/C16H18N6O7S4.Na/c1-29-20-8(11-19-16(17)32-21-11)12(23)18-9-13(24)22-10(15(25)26)7(6-31-14(9)22)30-4-3-5-33(2,27)28;/h3-4,9,14H,5-6H2,1-2H3,(H,18,23)(H,25,26)(H2,17,19,21);/q;+1/p-1/b4-3-,20-8-;/t9?,14-;/m1./s1. The first kappa shape index (κ1) is 28.6. The molecule has 3 N–H and O–H groups in total. The number of sulfone groups is 1. The Hall–Kier alpha value is -1.63. The van der Waals surface area contributed by atoms with Crippen LogP contribution in [0.15, 0.2) is 27.2 Å². The maximum Gasteiger partial charge on any atom is 1.00 e. The van der Waals surface area contributed by atoms with Crippen LogP contribution in [-0.2, 0) is 29.1 Å². The number of aromatic nitrogens is 2. The number of carbonyl (C=O) groups excluding carboxylic acids is 3. The summed E-state index contributed by atoms with van der Waals surface area (Å²) in [5.41, 5.74) is 4.92. The van der Waals surface area contributed by atoms with Crippen molar-refractivity contribution in [2.45, 2.75) is 11.4 Å². The molecule has 178 valence electrons. The van der Waals surface area contributed by atoms with Gasteiger partial charge in [0.05, 0.1) is 17.4 Å². The van der Waals surface area contributed by atoms with Crippen LogP contribution in [0.5, 0.6) is 0 Å². The summed E-state index contributed by atoms with van der Waals surface area (Å²) < 4.78 is 26.3. The van der Waals surface area contributed by atoms with Crippen LogP contribution >= 0.6 is 35.1 Å². The Morgan fingerprint density at radius 2 is 2.18 bits per heavy atom. The van der Waals surface area contributed by atoms with Gasteiger partial charge in [-0.2, -0.15) is 9.36 Å². The van der Waals surface area contributed by atoms with Crippen LogP contribution in [0.3, 0.4) is 0 Å². The molecule has 2 aliphatic heterocycles. The predicted octanol–water partition coefficient (Wildman–Crippen LogP) is -4.87. The SMILES string of the molecule is CO/N=C(\C(=O)NC1C(=O)N2C(C(=O)[O-])=C(S/C=C\CS(C)(=O)=O)CS[C@H]12)c1nsc(N)n1.[Na+]. The molecule has 1 unspecified atom stereocenters. The molecule has 1 fully saturated rings. The van der Waals surface area contributed by atoms with E-state index < -0.39 is 39.0 Å². The zero-order valence-electron chi connectivity index (χ0n) is 18.1. The number of oxime groups is 1. The van der Waals surface area contributed by atoms with Crippen molar-refractivity contribution in [3.8, 4) is 0 Å². The number of nitrogen functional groups attached to an aromatic ring is 1. The molecule has 18 heteroatoms. The molecule has 34 heavy (non-hydrogen) atoms.